The van der Waals surface area contributed by atoms with Crippen molar-refractivity contribution in [2.75, 3.05) is 33.0 Å². The first-order valence-electron chi connectivity index (χ1n) is 41.5. The zero-order valence-electron chi connectivity index (χ0n) is 71.4. The maximum absolute atomic E-state index is 13.0. The van der Waals surface area contributed by atoms with Crippen LogP contribution in [-0.2, 0) is 69.9 Å². The van der Waals surface area contributed by atoms with Crippen LogP contribution in [0, 0.1) is 0 Å². The summed E-state index contributed by atoms with van der Waals surface area (Å²) in [6.07, 6.45) is -10.3. The molecule has 5 rings (SSSR count). The lowest BCUT2D eigenvalue weighted by Crippen LogP contribution is -2.69. The minimum Gasteiger partial charge on any atom is -0.756 e. The number of allylic oxidation sites excluding steroid dienone is 21. The summed E-state index contributed by atoms with van der Waals surface area (Å²) in [5, 5.41) is 174. The predicted octanol–water partition coefficient (Wildman–Crippen LogP) is 5.06. The van der Waals surface area contributed by atoms with Gasteiger partial charge in [-0.05, 0) is 212 Å². The van der Waals surface area contributed by atoms with Crippen molar-refractivity contribution in [1.82, 2.24) is 0 Å². The van der Waals surface area contributed by atoms with E-state index in [-0.39, 0.29) is 0 Å². The number of carboxylic acids is 1. The Hall–Kier alpha value is -4.09. The summed E-state index contributed by atoms with van der Waals surface area (Å²) in [7, 11) is -11.9. The molecule has 5 fully saturated rings. The van der Waals surface area contributed by atoms with Gasteiger partial charge >= 0.3 is 0 Å². The van der Waals surface area contributed by atoms with E-state index >= 15 is 0 Å². The highest BCUT2D eigenvalue weighted by Crippen LogP contribution is 2.57. The number of carbonyl (C=O) groups excluding carboxylic acids is 1. The van der Waals surface area contributed by atoms with Crippen molar-refractivity contribution in [1.29, 1.82) is 0 Å². The van der Waals surface area contributed by atoms with Gasteiger partial charge in [-0.3, -0.25) is 13.7 Å². The summed E-state index contributed by atoms with van der Waals surface area (Å²) in [6, 6.07) is 0. The van der Waals surface area contributed by atoms with Crippen molar-refractivity contribution in [3.8, 4) is 0 Å². The standard InChI is InChI=1S/C85H140O33P2/c1-49(2)23-13-24-50(3)25-14-26-51(4)27-15-28-52(5)29-16-30-53(6)31-17-32-54(7)33-18-34-55(8)35-19-36-56(9)37-20-38-57(10)39-21-40-58(11)41-22-42-59(12)43-44-107-119(103,104)118-120(105,106)117-84-73(99)69(95)75(63(48-89)111-84)112-83-74(100)76(66(92)62(47-88)109-83)113-85-78(68(94)65(91)61(46-87)110-85)115-82-72(98)70(96)77(79(116-82)80(101)102)114-81-71(97)67(93)64(90)60(45-86)108-81/h23,25,27,29,31,33,35,37,39,41,43,60-79,81-100H,13-22,24,26,28,30,32,34,36,38,40,42,44-48H2,1-12H3,(H,101,102)(H,103,104)(H,105,106)/p-3/b50-25+,51-27+,52-29-,53-31-,54-33-,55-35-,56-37-,57-39-,58-41-,59-43-/t60-,61-,62-,63-,64-,65-,66-,67+,68+,69-,70-,71+,72-,73-,74-,75-,76+,77+,78+,79+,81+,82-,83+,84-,85-/m1/s1. The fourth-order valence-electron chi connectivity index (χ4n) is 14.1. The largest absolute Gasteiger partial charge is 0.756 e. The van der Waals surface area contributed by atoms with E-state index in [0.717, 1.165) is 121 Å². The molecule has 27 atom stereocenters. The number of aliphatic hydroxyl groups excluding tert-OH is 15. The highest BCUT2D eigenvalue weighted by molar-refractivity contribution is 7.59. The summed E-state index contributed by atoms with van der Waals surface area (Å²) in [6.45, 7) is 20.8. The SMILES string of the molecule is CC(C)=CCC/C(C)=C/CC/C(C)=C/CC/C(C)=C\CC/C(C)=C\CC/C(C)=C\CC/C(C)=C\CC/C(C)=C\CC/C(C)=C\CC/C(C)=C\CC/C(C)=C\COP(=O)([O-])OP(=O)([O-])O[C@H]1O[C@H](CO)[C@@H](O[C@@H]2O[C@H](CO)[C@@H](O)[C@H](O[C@H]3O[C@H](CO)[C@@H](O)[C@H](O)[C@@H]3O[C@@H]3O[C@H](C(=O)[O-])[C@@H](O[C@@H]4O[C@H](CO)[C@@H](O)[C@H](O)[C@@H]4O)[C@H](O)[C@H]3O)[C@H]2O)[C@H](O)[C@H]1O. The number of aliphatic hydroxyl groups is 15. The number of phosphoric ester groups is 2. The maximum Gasteiger partial charge on any atom is 0.276 e. The molecule has 0 spiro atoms. The van der Waals surface area contributed by atoms with Crippen molar-refractivity contribution in [2.45, 2.75) is 365 Å². The van der Waals surface area contributed by atoms with E-state index in [0.29, 0.717) is 18.4 Å². The average molecular weight is 1750 g/mol. The van der Waals surface area contributed by atoms with Crippen LogP contribution in [0.5, 0.6) is 0 Å². The Balaban J connectivity index is 1.00. The number of phosphoric acid groups is 2. The molecule has 0 aliphatic carbocycles. The molecule has 5 heterocycles. The molecule has 0 saturated carbocycles. The van der Waals surface area contributed by atoms with E-state index in [4.69, 9.17) is 47.2 Å². The number of hydrogen-bond donors (Lipinski definition) is 15. The van der Waals surface area contributed by atoms with Crippen molar-refractivity contribution in [2.24, 2.45) is 0 Å². The van der Waals surface area contributed by atoms with Crippen LogP contribution in [0.25, 0.3) is 0 Å². The molecule has 5 saturated heterocycles. The van der Waals surface area contributed by atoms with Gasteiger partial charge in [0, 0.05) is 0 Å². The van der Waals surface area contributed by atoms with E-state index in [1.165, 1.54) is 56.2 Å². The van der Waals surface area contributed by atoms with Crippen molar-refractivity contribution in [3.05, 3.63) is 128 Å². The molecule has 0 bridgehead atoms. The minimum absolute atomic E-state index is 0.500. The van der Waals surface area contributed by atoms with Gasteiger partial charge in [0.2, 0.25) is 0 Å². The average Bonchev–Trinajstić information content (AvgIpc) is 0.781. The second-order valence-electron chi connectivity index (χ2n) is 32.5. The van der Waals surface area contributed by atoms with Crippen molar-refractivity contribution < 1.29 is 161 Å². The van der Waals surface area contributed by atoms with Gasteiger partial charge in [-0.15, -0.1) is 0 Å². The zero-order valence-corrected chi connectivity index (χ0v) is 73.2. The van der Waals surface area contributed by atoms with E-state index in [1.54, 1.807) is 6.92 Å². The van der Waals surface area contributed by atoms with Crippen LogP contribution in [0.1, 0.15) is 212 Å². The molecule has 15 N–H and O–H groups in total. The molecule has 120 heavy (non-hydrogen) atoms. The molecule has 0 aromatic carbocycles. The fourth-order valence-corrected chi connectivity index (χ4v) is 16.1. The number of rotatable bonds is 50. The van der Waals surface area contributed by atoms with E-state index in [1.807, 2.05) is 6.92 Å². The van der Waals surface area contributed by atoms with Gasteiger partial charge in [-0.25, -0.2) is 4.31 Å². The highest BCUT2D eigenvalue weighted by atomic mass is 31.3. The molecule has 688 valence electrons. The van der Waals surface area contributed by atoms with Gasteiger partial charge in [0.25, 0.3) is 15.6 Å². The van der Waals surface area contributed by atoms with Crippen LogP contribution in [0.4, 0.5) is 0 Å². The van der Waals surface area contributed by atoms with Crippen molar-refractivity contribution in [3.63, 3.8) is 0 Å². The first-order valence-corrected chi connectivity index (χ1v) is 44.5. The summed E-state index contributed by atoms with van der Waals surface area (Å²) in [5.74, 6) is -2.19. The minimum atomic E-state index is -6.12. The Morgan fingerprint density at radius 1 is 0.308 bits per heavy atom. The zero-order chi connectivity index (χ0) is 89.3. The molecule has 35 heteroatoms. The lowest BCUT2D eigenvalue weighted by atomic mass is 9.95. The van der Waals surface area contributed by atoms with Crippen LogP contribution in [0.3, 0.4) is 0 Å². The van der Waals surface area contributed by atoms with Crippen LogP contribution >= 0.6 is 15.6 Å². The van der Waals surface area contributed by atoms with Gasteiger partial charge in [-0.1, -0.05) is 128 Å². The van der Waals surface area contributed by atoms with Gasteiger partial charge in [0.05, 0.1) is 39.0 Å². The van der Waals surface area contributed by atoms with Crippen LogP contribution in [-0.4, -0.2) is 269 Å². The van der Waals surface area contributed by atoms with Gasteiger partial charge in [-0.2, -0.15) is 0 Å². The van der Waals surface area contributed by atoms with Gasteiger partial charge in [0.15, 0.2) is 31.5 Å². The third-order valence-electron chi connectivity index (χ3n) is 21.7. The normalized spacial score (nSPS) is 33.8. The topological polar surface area (TPSA) is 535 Å². The highest BCUT2D eigenvalue weighted by Gasteiger charge is 2.58. The summed E-state index contributed by atoms with van der Waals surface area (Å²) in [4.78, 5) is 38.3. The Kier molecular flexibility index (Phi) is 47.5. The van der Waals surface area contributed by atoms with E-state index in [9.17, 15) is 105 Å². The second-order valence-corrected chi connectivity index (χ2v) is 35.4. The molecular formula is C85H137O33P2-3. The van der Waals surface area contributed by atoms with E-state index in [2.05, 4.69) is 139 Å². The maximum atomic E-state index is 13.0. The van der Waals surface area contributed by atoms with Crippen LogP contribution in [0.2, 0.25) is 0 Å². The van der Waals surface area contributed by atoms with Crippen LogP contribution < -0.4 is 14.9 Å². The van der Waals surface area contributed by atoms with Gasteiger partial charge < -0.3 is 143 Å². The molecule has 2 unspecified atom stereocenters. The molecule has 0 aromatic heterocycles. The molecule has 0 amide bonds. The Morgan fingerprint density at radius 2 is 0.592 bits per heavy atom. The molecule has 5 aliphatic heterocycles. The molecule has 0 aromatic rings. The number of ether oxygens (including phenoxy) is 9. The lowest BCUT2D eigenvalue weighted by Gasteiger charge is -2.50. The van der Waals surface area contributed by atoms with E-state index < -0.39 is 208 Å². The predicted molar refractivity (Wildman–Crippen MR) is 435 cm³/mol. The Morgan fingerprint density at radius 3 is 0.975 bits per heavy atom. The lowest BCUT2D eigenvalue weighted by molar-refractivity contribution is -0.405. The quantitative estimate of drug-likeness (QED) is 0.0279. The third-order valence-corrected chi connectivity index (χ3v) is 24.3. The third kappa shape index (κ3) is 35.6. The van der Waals surface area contributed by atoms with Crippen LogP contribution in [0.15, 0.2) is 128 Å². The smallest absolute Gasteiger partial charge is 0.276 e. The summed E-state index contributed by atoms with van der Waals surface area (Å²) < 4.78 is 89.1. The summed E-state index contributed by atoms with van der Waals surface area (Å²) >= 11 is 0. The monoisotopic (exact) mass is 1750 g/mol. The summed E-state index contributed by atoms with van der Waals surface area (Å²) in [5.41, 5.74) is 14.7. The molecular weight excluding hydrogens is 1610 g/mol. The Bertz CT molecular complexity index is 3560. The number of carboxylic acid groups (broad SMARTS) is 1. The first-order chi connectivity index (χ1) is 56.6. The Labute approximate surface area is 706 Å². The second kappa shape index (κ2) is 53.5. The molecule has 33 nitrogen and oxygen atoms in total. The number of carbonyl (C=O) groups is 1. The first kappa shape index (κ1) is 106. The molecule has 5 aliphatic rings. The molecule has 0 radical (unpaired) electrons. The number of hydrogen-bond acceptors (Lipinski definition) is 33. The fraction of sp³-hybridized carbons (Fsp3) is 0.729. The van der Waals surface area contributed by atoms with Crippen molar-refractivity contribution >= 4 is 21.6 Å². The van der Waals surface area contributed by atoms with Gasteiger partial charge in [0.1, 0.15) is 122 Å². The number of aliphatic carboxylic acids is 1.